The van der Waals surface area contributed by atoms with E-state index in [2.05, 4.69) is 6.92 Å². The Balaban J connectivity index is 1.75. The minimum Gasteiger partial charge on any atom is -0.379 e. The van der Waals surface area contributed by atoms with Gasteiger partial charge < -0.3 is 28.4 Å². The first-order valence-electron chi connectivity index (χ1n) is 7.76. The van der Waals surface area contributed by atoms with E-state index in [0.717, 1.165) is 6.42 Å². The summed E-state index contributed by atoms with van der Waals surface area (Å²) in [4.78, 5) is 0. The van der Waals surface area contributed by atoms with Crippen molar-refractivity contribution in [3.8, 4) is 0 Å². The topological polar surface area (TPSA) is 55.4 Å². The van der Waals surface area contributed by atoms with Crippen LogP contribution in [-0.2, 0) is 28.4 Å². The van der Waals surface area contributed by atoms with Crippen molar-refractivity contribution >= 4 is 0 Å². The predicted molar refractivity (Wildman–Crippen MR) is 73.6 cm³/mol. The molecule has 0 aliphatic carbocycles. The first-order valence-corrected chi connectivity index (χ1v) is 7.76. The largest absolute Gasteiger partial charge is 0.379 e. The fraction of sp³-hybridized carbons (Fsp3) is 1.00. The first-order chi connectivity index (χ1) is 9.81. The molecule has 21 heavy (non-hydrogen) atoms. The summed E-state index contributed by atoms with van der Waals surface area (Å²) in [5.41, 5.74) is 0. The Morgan fingerprint density at radius 2 is 1.48 bits per heavy atom. The Morgan fingerprint density at radius 3 is 2.19 bits per heavy atom. The van der Waals surface area contributed by atoms with Crippen molar-refractivity contribution < 1.29 is 28.4 Å². The van der Waals surface area contributed by atoms with Gasteiger partial charge in [0.2, 0.25) is 0 Å². The summed E-state index contributed by atoms with van der Waals surface area (Å²) in [6, 6.07) is 0. The van der Waals surface area contributed by atoms with E-state index in [9.17, 15) is 0 Å². The molecule has 0 bridgehead atoms. The Morgan fingerprint density at radius 1 is 0.857 bits per heavy atom. The highest BCUT2D eigenvalue weighted by atomic mass is 16.9. The standard InChI is InChI=1S/C15H26O6/c1-6-7-16-8-9-10-11(19-14(2,3)18-10)12-13(17-9)21-15(4,5)20-12/h9-13H,6-8H2,1-5H3/t9-,10-,11-,12-,13-/m1/s1. The summed E-state index contributed by atoms with van der Waals surface area (Å²) in [7, 11) is 0. The molecule has 0 aromatic rings. The van der Waals surface area contributed by atoms with Crippen LogP contribution in [-0.4, -0.2) is 55.5 Å². The molecule has 0 unspecified atom stereocenters. The molecule has 0 aromatic heterocycles. The molecule has 3 aliphatic heterocycles. The zero-order valence-electron chi connectivity index (χ0n) is 13.5. The van der Waals surface area contributed by atoms with Crippen molar-refractivity contribution in [3.05, 3.63) is 0 Å². The summed E-state index contributed by atoms with van der Waals surface area (Å²) in [6.07, 6.45) is -0.334. The molecule has 0 aromatic carbocycles. The van der Waals surface area contributed by atoms with Crippen LogP contribution in [0.5, 0.6) is 0 Å². The van der Waals surface area contributed by atoms with Gasteiger partial charge in [-0.15, -0.1) is 0 Å². The van der Waals surface area contributed by atoms with E-state index in [0.29, 0.717) is 13.2 Å². The summed E-state index contributed by atoms with van der Waals surface area (Å²) >= 11 is 0. The van der Waals surface area contributed by atoms with Crippen molar-refractivity contribution in [2.75, 3.05) is 13.2 Å². The van der Waals surface area contributed by atoms with Gasteiger partial charge in [0.1, 0.15) is 24.4 Å². The zero-order valence-corrected chi connectivity index (χ0v) is 13.5. The molecular weight excluding hydrogens is 276 g/mol. The molecule has 0 amide bonds. The second-order valence-electron chi connectivity index (χ2n) is 6.78. The summed E-state index contributed by atoms with van der Waals surface area (Å²) in [5, 5.41) is 0. The molecule has 0 saturated carbocycles. The number of hydrogen-bond donors (Lipinski definition) is 0. The van der Waals surface area contributed by atoms with Crippen LogP contribution in [0.1, 0.15) is 41.0 Å². The highest BCUT2D eigenvalue weighted by Crippen LogP contribution is 2.44. The monoisotopic (exact) mass is 302 g/mol. The summed E-state index contributed by atoms with van der Waals surface area (Å²) < 4.78 is 35.5. The molecule has 0 spiro atoms. The Kier molecular flexibility index (Phi) is 4.05. The van der Waals surface area contributed by atoms with Gasteiger partial charge in [0.05, 0.1) is 6.61 Å². The van der Waals surface area contributed by atoms with Gasteiger partial charge in [-0.2, -0.15) is 0 Å². The Labute approximate surface area is 126 Å². The minimum absolute atomic E-state index is 0.198. The van der Waals surface area contributed by atoms with Gasteiger partial charge >= 0.3 is 0 Å². The van der Waals surface area contributed by atoms with Gasteiger partial charge in [0, 0.05) is 6.61 Å². The van der Waals surface area contributed by atoms with Crippen LogP contribution in [0.15, 0.2) is 0 Å². The molecule has 0 N–H and O–H groups in total. The SMILES string of the molecule is CCCOC[C@H]1O[C@@H]2OC(C)(C)O[C@@H]2[C@@H]2OC(C)(C)O[C@@H]21. The van der Waals surface area contributed by atoms with Crippen LogP contribution in [0, 0.1) is 0 Å². The molecule has 3 saturated heterocycles. The maximum absolute atomic E-state index is 6.03. The van der Waals surface area contributed by atoms with E-state index in [4.69, 9.17) is 28.4 Å². The van der Waals surface area contributed by atoms with Gasteiger partial charge in [0.25, 0.3) is 0 Å². The van der Waals surface area contributed by atoms with Gasteiger partial charge in [-0.1, -0.05) is 6.92 Å². The van der Waals surface area contributed by atoms with E-state index < -0.39 is 17.9 Å². The van der Waals surface area contributed by atoms with Crippen molar-refractivity contribution in [1.82, 2.24) is 0 Å². The molecule has 3 aliphatic rings. The summed E-state index contributed by atoms with van der Waals surface area (Å²) in [5.74, 6) is -1.32. The van der Waals surface area contributed by atoms with Gasteiger partial charge in [-0.25, -0.2) is 0 Å². The van der Waals surface area contributed by atoms with Crippen molar-refractivity contribution in [2.45, 2.75) is 83.3 Å². The fourth-order valence-corrected chi connectivity index (χ4v) is 3.17. The Hall–Kier alpha value is -0.240. The second-order valence-corrected chi connectivity index (χ2v) is 6.78. The van der Waals surface area contributed by atoms with Crippen LogP contribution in [0.4, 0.5) is 0 Å². The highest BCUT2D eigenvalue weighted by Gasteiger charge is 2.60. The number of fused-ring (bicyclic) bond motifs is 3. The van der Waals surface area contributed by atoms with Crippen molar-refractivity contribution in [2.24, 2.45) is 0 Å². The van der Waals surface area contributed by atoms with Crippen LogP contribution >= 0.6 is 0 Å². The lowest BCUT2D eigenvalue weighted by Gasteiger charge is -2.37. The molecular formula is C15H26O6. The number of ether oxygens (including phenoxy) is 6. The van der Waals surface area contributed by atoms with Gasteiger partial charge in [0.15, 0.2) is 17.9 Å². The van der Waals surface area contributed by atoms with Gasteiger partial charge in [-0.3, -0.25) is 0 Å². The lowest BCUT2D eigenvalue weighted by molar-refractivity contribution is -0.243. The molecule has 6 nitrogen and oxygen atoms in total. The van der Waals surface area contributed by atoms with E-state index in [1.165, 1.54) is 0 Å². The minimum atomic E-state index is -0.671. The Bertz CT molecular complexity index is 382. The van der Waals surface area contributed by atoms with Crippen molar-refractivity contribution in [3.63, 3.8) is 0 Å². The number of rotatable bonds is 4. The number of hydrogen-bond acceptors (Lipinski definition) is 6. The molecule has 3 heterocycles. The molecule has 5 atom stereocenters. The molecule has 122 valence electrons. The second kappa shape index (κ2) is 5.44. The smallest absolute Gasteiger partial charge is 0.190 e. The molecule has 6 heteroatoms. The third-order valence-corrected chi connectivity index (χ3v) is 3.88. The quantitative estimate of drug-likeness (QED) is 0.738. The van der Waals surface area contributed by atoms with E-state index in [-0.39, 0.29) is 24.4 Å². The zero-order chi connectivity index (χ0) is 15.3. The van der Waals surface area contributed by atoms with E-state index >= 15 is 0 Å². The average Bonchev–Trinajstić information content (AvgIpc) is 2.84. The van der Waals surface area contributed by atoms with Crippen molar-refractivity contribution in [1.29, 1.82) is 0 Å². The summed E-state index contributed by atoms with van der Waals surface area (Å²) in [6.45, 7) is 10.8. The van der Waals surface area contributed by atoms with E-state index in [1.807, 2.05) is 27.7 Å². The van der Waals surface area contributed by atoms with Crippen LogP contribution in [0.25, 0.3) is 0 Å². The molecule has 3 rings (SSSR count). The van der Waals surface area contributed by atoms with Crippen LogP contribution in [0.3, 0.4) is 0 Å². The lowest BCUT2D eigenvalue weighted by Crippen LogP contribution is -2.56. The predicted octanol–water partition coefficient (Wildman–Crippen LogP) is 1.81. The first kappa shape index (κ1) is 15.6. The van der Waals surface area contributed by atoms with E-state index in [1.54, 1.807) is 0 Å². The van der Waals surface area contributed by atoms with Gasteiger partial charge in [-0.05, 0) is 34.1 Å². The fourth-order valence-electron chi connectivity index (χ4n) is 3.17. The normalized spacial score (nSPS) is 43.6. The third kappa shape index (κ3) is 3.11. The molecule has 3 fully saturated rings. The average molecular weight is 302 g/mol. The molecule has 0 radical (unpaired) electrons. The lowest BCUT2D eigenvalue weighted by atomic mass is 9.99. The highest BCUT2D eigenvalue weighted by molar-refractivity contribution is 4.99. The van der Waals surface area contributed by atoms with Crippen LogP contribution < -0.4 is 0 Å². The maximum atomic E-state index is 6.03. The maximum Gasteiger partial charge on any atom is 0.190 e. The third-order valence-electron chi connectivity index (χ3n) is 3.88. The van der Waals surface area contributed by atoms with Crippen LogP contribution in [0.2, 0.25) is 0 Å².